The molecule has 3 heteroatoms. The van der Waals surface area contributed by atoms with Gasteiger partial charge in [0.25, 0.3) is 5.91 Å². The Morgan fingerprint density at radius 3 is 2.59 bits per heavy atom. The van der Waals surface area contributed by atoms with Crippen molar-refractivity contribution in [3.63, 3.8) is 0 Å². The molecule has 1 aromatic carbocycles. The van der Waals surface area contributed by atoms with Crippen LogP contribution in [-0.4, -0.2) is 19.1 Å². The first-order chi connectivity index (χ1) is 8.10. The van der Waals surface area contributed by atoms with Gasteiger partial charge < -0.3 is 10.1 Å². The Balaban J connectivity index is 2.87. The van der Waals surface area contributed by atoms with E-state index in [1.807, 2.05) is 19.9 Å². The first-order valence-electron chi connectivity index (χ1n) is 5.50. The summed E-state index contributed by atoms with van der Waals surface area (Å²) in [5.41, 5.74) is 0.496. The first-order valence-corrected chi connectivity index (χ1v) is 5.50. The molecule has 0 aliphatic rings. The van der Waals surface area contributed by atoms with Crippen molar-refractivity contribution >= 4 is 5.91 Å². The lowest BCUT2D eigenvalue weighted by atomic mass is 10.0. The van der Waals surface area contributed by atoms with Gasteiger partial charge >= 0.3 is 0 Å². The van der Waals surface area contributed by atoms with E-state index >= 15 is 0 Å². The third-order valence-electron chi connectivity index (χ3n) is 2.48. The Morgan fingerprint density at radius 2 is 2.06 bits per heavy atom. The topological polar surface area (TPSA) is 38.3 Å². The smallest absolute Gasteiger partial charge is 0.256 e. The van der Waals surface area contributed by atoms with Crippen LogP contribution < -0.4 is 10.1 Å². The van der Waals surface area contributed by atoms with Gasteiger partial charge in [0.2, 0.25) is 0 Å². The lowest BCUT2D eigenvalue weighted by molar-refractivity contribution is 0.0935. The van der Waals surface area contributed by atoms with Gasteiger partial charge in [0.05, 0.1) is 18.7 Å². The van der Waals surface area contributed by atoms with Gasteiger partial charge in [-0.1, -0.05) is 31.9 Å². The fraction of sp³-hybridized carbons (Fsp3) is 0.357. The number of nitrogens with one attached hydrogen (secondary N) is 1. The Hall–Kier alpha value is -1.95. The van der Waals surface area contributed by atoms with E-state index in [0.717, 1.165) is 0 Å². The average Bonchev–Trinajstić information content (AvgIpc) is 2.35. The largest absolute Gasteiger partial charge is 0.496 e. The molecule has 1 aromatic rings. The molecule has 0 heterocycles. The van der Waals surface area contributed by atoms with Gasteiger partial charge in [0.15, 0.2) is 0 Å². The summed E-state index contributed by atoms with van der Waals surface area (Å²) < 4.78 is 5.13. The van der Waals surface area contributed by atoms with Crippen LogP contribution in [-0.2, 0) is 0 Å². The number of para-hydroxylation sites is 1. The second-order valence-corrected chi connectivity index (χ2v) is 4.06. The highest BCUT2D eigenvalue weighted by Gasteiger charge is 2.17. The molecule has 0 saturated heterocycles. The minimum absolute atomic E-state index is 0.193. The standard InChI is InChI=1S/C14H17NO2/c1-5-12(10(2)3)15-14(16)11-8-6-7-9-13(11)17-4/h1,6-10,12H,2-4H3,(H,15,16)/t12-/m1/s1. The molecular formula is C14H17NO2. The maximum absolute atomic E-state index is 12.0. The summed E-state index contributed by atoms with van der Waals surface area (Å²) >= 11 is 0. The van der Waals surface area contributed by atoms with Crippen molar-refractivity contribution in [3.05, 3.63) is 29.8 Å². The van der Waals surface area contributed by atoms with Gasteiger partial charge in [-0.25, -0.2) is 0 Å². The van der Waals surface area contributed by atoms with E-state index in [0.29, 0.717) is 11.3 Å². The third-order valence-corrected chi connectivity index (χ3v) is 2.48. The lowest BCUT2D eigenvalue weighted by Crippen LogP contribution is -2.37. The van der Waals surface area contributed by atoms with E-state index in [1.54, 1.807) is 18.2 Å². The molecule has 0 aliphatic heterocycles. The minimum Gasteiger partial charge on any atom is -0.496 e. The molecule has 0 aromatic heterocycles. The quantitative estimate of drug-likeness (QED) is 0.806. The van der Waals surface area contributed by atoms with Crippen LogP contribution in [0, 0.1) is 18.3 Å². The van der Waals surface area contributed by atoms with Crippen LogP contribution in [0.2, 0.25) is 0 Å². The van der Waals surface area contributed by atoms with E-state index in [1.165, 1.54) is 7.11 Å². The highest BCUT2D eigenvalue weighted by molar-refractivity contribution is 5.97. The van der Waals surface area contributed by atoms with Gasteiger partial charge in [-0.3, -0.25) is 4.79 Å². The van der Waals surface area contributed by atoms with Gasteiger partial charge in [0.1, 0.15) is 5.75 Å². The zero-order valence-electron chi connectivity index (χ0n) is 10.4. The van der Waals surface area contributed by atoms with Crippen LogP contribution in [0.3, 0.4) is 0 Å². The summed E-state index contributed by atoms with van der Waals surface area (Å²) in [5, 5.41) is 2.80. The van der Waals surface area contributed by atoms with Crippen LogP contribution in [0.4, 0.5) is 0 Å². The summed E-state index contributed by atoms with van der Waals surface area (Å²) in [6, 6.07) is 6.79. The molecule has 0 saturated carbocycles. The van der Waals surface area contributed by atoms with Crippen molar-refractivity contribution < 1.29 is 9.53 Å². The number of ether oxygens (including phenoxy) is 1. The molecule has 0 aliphatic carbocycles. The molecular weight excluding hydrogens is 214 g/mol. The number of carbonyl (C=O) groups excluding carboxylic acids is 1. The molecule has 90 valence electrons. The number of rotatable bonds is 4. The molecule has 1 amide bonds. The highest BCUT2D eigenvalue weighted by atomic mass is 16.5. The summed E-state index contributed by atoms with van der Waals surface area (Å²) in [7, 11) is 1.53. The molecule has 0 unspecified atom stereocenters. The summed E-state index contributed by atoms with van der Waals surface area (Å²) in [4.78, 5) is 12.0. The number of hydrogen-bond acceptors (Lipinski definition) is 2. The first kappa shape index (κ1) is 13.1. The SMILES string of the molecule is C#C[C@@H](NC(=O)c1ccccc1OC)C(C)C. The number of methoxy groups -OCH3 is 1. The normalized spacial score (nSPS) is 11.7. The second kappa shape index (κ2) is 5.95. The van der Waals surface area contributed by atoms with Crippen LogP contribution >= 0.6 is 0 Å². The highest BCUT2D eigenvalue weighted by Crippen LogP contribution is 2.17. The molecule has 1 N–H and O–H groups in total. The van der Waals surface area contributed by atoms with Gasteiger partial charge in [-0.15, -0.1) is 6.42 Å². The summed E-state index contributed by atoms with van der Waals surface area (Å²) in [6.45, 7) is 3.93. The second-order valence-electron chi connectivity index (χ2n) is 4.06. The fourth-order valence-corrected chi connectivity index (χ4v) is 1.45. The van der Waals surface area contributed by atoms with Crippen molar-refractivity contribution in [2.45, 2.75) is 19.9 Å². The molecule has 1 atom stereocenters. The molecule has 3 nitrogen and oxygen atoms in total. The summed E-state index contributed by atoms with van der Waals surface area (Å²) in [5.74, 6) is 3.10. The molecule has 0 fully saturated rings. The fourth-order valence-electron chi connectivity index (χ4n) is 1.45. The van der Waals surface area contributed by atoms with Crippen LogP contribution in [0.15, 0.2) is 24.3 Å². The van der Waals surface area contributed by atoms with Crippen molar-refractivity contribution in [2.75, 3.05) is 7.11 Å². The average molecular weight is 231 g/mol. The number of amides is 1. The van der Waals surface area contributed by atoms with Crippen molar-refractivity contribution in [2.24, 2.45) is 5.92 Å². The van der Waals surface area contributed by atoms with Crippen LogP contribution in [0.5, 0.6) is 5.75 Å². The monoisotopic (exact) mass is 231 g/mol. The van der Waals surface area contributed by atoms with Crippen molar-refractivity contribution in [3.8, 4) is 18.1 Å². The predicted octanol–water partition coefficient (Wildman–Crippen LogP) is 2.08. The van der Waals surface area contributed by atoms with Crippen molar-refractivity contribution in [1.82, 2.24) is 5.32 Å². The molecule has 0 bridgehead atoms. The van der Waals surface area contributed by atoms with Gasteiger partial charge in [-0.2, -0.15) is 0 Å². The van der Waals surface area contributed by atoms with E-state index < -0.39 is 0 Å². The van der Waals surface area contributed by atoms with Gasteiger partial charge in [0, 0.05) is 0 Å². The number of hydrogen-bond donors (Lipinski definition) is 1. The van der Waals surface area contributed by atoms with E-state index in [9.17, 15) is 4.79 Å². The Kier molecular flexibility index (Phi) is 4.59. The Morgan fingerprint density at radius 1 is 1.41 bits per heavy atom. The summed E-state index contributed by atoms with van der Waals surface area (Å²) in [6.07, 6.45) is 5.37. The number of benzene rings is 1. The van der Waals surface area contributed by atoms with E-state index in [4.69, 9.17) is 11.2 Å². The van der Waals surface area contributed by atoms with E-state index in [-0.39, 0.29) is 17.9 Å². The maximum Gasteiger partial charge on any atom is 0.256 e. The molecule has 1 rings (SSSR count). The number of terminal acetylenes is 1. The lowest BCUT2D eigenvalue weighted by Gasteiger charge is -2.17. The number of carbonyl (C=O) groups is 1. The van der Waals surface area contributed by atoms with E-state index in [2.05, 4.69) is 11.2 Å². The van der Waals surface area contributed by atoms with Crippen LogP contribution in [0.25, 0.3) is 0 Å². The predicted molar refractivity (Wildman–Crippen MR) is 67.9 cm³/mol. The van der Waals surface area contributed by atoms with Gasteiger partial charge in [-0.05, 0) is 18.1 Å². The zero-order chi connectivity index (χ0) is 12.8. The third kappa shape index (κ3) is 3.25. The molecule has 0 spiro atoms. The zero-order valence-corrected chi connectivity index (χ0v) is 10.4. The maximum atomic E-state index is 12.0. The molecule has 17 heavy (non-hydrogen) atoms. The Bertz CT molecular complexity index is 432. The minimum atomic E-state index is -0.271. The van der Waals surface area contributed by atoms with Crippen LogP contribution in [0.1, 0.15) is 24.2 Å². The van der Waals surface area contributed by atoms with Crippen molar-refractivity contribution in [1.29, 1.82) is 0 Å². The Labute approximate surface area is 102 Å². The molecule has 0 radical (unpaired) electrons.